The summed E-state index contributed by atoms with van der Waals surface area (Å²) in [7, 11) is -2.23. The number of rotatable bonds is 6. The van der Waals surface area contributed by atoms with Gasteiger partial charge in [0.15, 0.2) is 0 Å². The summed E-state index contributed by atoms with van der Waals surface area (Å²) in [5.41, 5.74) is 2.32. The number of anilines is 2. The SMILES string of the molecule is COc1ccccc1C(=O)Nc1ccc(S(=O)(=O)Nc2cccc(C)c2)cc1. The van der Waals surface area contributed by atoms with Gasteiger partial charge in [-0.2, -0.15) is 0 Å². The topological polar surface area (TPSA) is 84.5 Å². The Morgan fingerprint density at radius 2 is 1.61 bits per heavy atom. The fraction of sp³-hybridized carbons (Fsp3) is 0.0952. The zero-order valence-electron chi connectivity index (χ0n) is 15.5. The Morgan fingerprint density at radius 1 is 0.893 bits per heavy atom. The molecule has 0 bridgehead atoms. The van der Waals surface area contributed by atoms with E-state index in [1.54, 1.807) is 42.5 Å². The lowest BCUT2D eigenvalue weighted by molar-refractivity contribution is 0.102. The van der Waals surface area contributed by atoms with E-state index in [0.717, 1.165) is 5.56 Å². The summed E-state index contributed by atoms with van der Waals surface area (Å²) in [4.78, 5) is 12.5. The zero-order valence-corrected chi connectivity index (χ0v) is 16.3. The number of hydrogen-bond donors (Lipinski definition) is 2. The molecule has 0 fully saturated rings. The summed E-state index contributed by atoms with van der Waals surface area (Å²) in [5, 5.41) is 2.73. The molecule has 0 unspecified atom stereocenters. The number of para-hydroxylation sites is 1. The van der Waals surface area contributed by atoms with Crippen LogP contribution < -0.4 is 14.8 Å². The highest BCUT2D eigenvalue weighted by Crippen LogP contribution is 2.21. The number of aryl methyl sites for hydroxylation is 1. The standard InChI is InChI=1S/C21H20N2O4S/c1-15-6-5-7-17(14-15)23-28(25,26)18-12-10-16(11-13-18)22-21(24)19-8-3-4-9-20(19)27-2/h3-14,23H,1-2H3,(H,22,24). The average molecular weight is 396 g/mol. The summed E-state index contributed by atoms with van der Waals surface area (Å²) in [6.45, 7) is 1.89. The van der Waals surface area contributed by atoms with Crippen molar-refractivity contribution in [1.82, 2.24) is 0 Å². The van der Waals surface area contributed by atoms with Gasteiger partial charge in [0.05, 0.1) is 17.6 Å². The molecule has 0 aliphatic heterocycles. The Kier molecular flexibility index (Phi) is 5.65. The molecule has 0 aliphatic carbocycles. The number of hydrogen-bond acceptors (Lipinski definition) is 4. The third-order valence-electron chi connectivity index (χ3n) is 4.04. The number of methoxy groups -OCH3 is 1. The summed E-state index contributed by atoms with van der Waals surface area (Å²) >= 11 is 0. The van der Waals surface area contributed by atoms with Gasteiger partial charge in [-0.1, -0.05) is 24.3 Å². The van der Waals surface area contributed by atoms with Crippen molar-refractivity contribution in [1.29, 1.82) is 0 Å². The highest BCUT2D eigenvalue weighted by Gasteiger charge is 2.15. The predicted molar refractivity (Wildman–Crippen MR) is 109 cm³/mol. The Labute approximate surface area is 164 Å². The fourth-order valence-electron chi connectivity index (χ4n) is 2.67. The van der Waals surface area contributed by atoms with E-state index in [4.69, 9.17) is 4.74 Å². The van der Waals surface area contributed by atoms with E-state index in [-0.39, 0.29) is 10.8 Å². The first-order chi connectivity index (χ1) is 13.4. The van der Waals surface area contributed by atoms with Gasteiger partial charge >= 0.3 is 0 Å². The number of amides is 1. The van der Waals surface area contributed by atoms with Gasteiger partial charge in [-0.15, -0.1) is 0 Å². The van der Waals surface area contributed by atoms with Crippen molar-refractivity contribution in [2.45, 2.75) is 11.8 Å². The van der Waals surface area contributed by atoms with E-state index in [0.29, 0.717) is 22.7 Å². The average Bonchev–Trinajstić information content (AvgIpc) is 2.68. The van der Waals surface area contributed by atoms with Gasteiger partial charge in [0.25, 0.3) is 15.9 Å². The van der Waals surface area contributed by atoms with Crippen LogP contribution in [0.15, 0.2) is 77.7 Å². The van der Waals surface area contributed by atoms with Crippen LogP contribution in [0.1, 0.15) is 15.9 Å². The molecule has 0 atom stereocenters. The lowest BCUT2D eigenvalue weighted by atomic mass is 10.2. The minimum Gasteiger partial charge on any atom is -0.496 e. The van der Waals surface area contributed by atoms with E-state index in [2.05, 4.69) is 10.0 Å². The van der Waals surface area contributed by atoms with Crippen molar-refractivity contribution < 1.29 is 17.9 Å². The van der Waals surface area contributed by atoms with Gasteiger partial charge in [-0.05, 0) is 61.0 Å². The molecule has 0 heterocycles. The second kappa shape index (κ2) is 8.14. The van der Waals surface area contributed by atoms with Gasteiger partial charge in [-0.3, -0.25) is 9.52 Å². The van der Waals surface area contributed by atoms with Crippen LogP contribution in [0.25, 0.3) is 0 Å². The van der Waals surface area contributed by atoms with Gasteiger partial charge < -0.3 is 10.1 Å². The highest BCUT2D eigenvalue weighted by molar-refractivity contribution is 7.92. The van der Waals surface area contributed by atoms with Crippen molar-refractivity contribution in [2.75, 3.05) is 17.1 Å². The zero-order chi connectivity index (χ0) is 20.1. The van der Waals surface area contributed by atoms with E-state index in [9.17, 15) is 13.2 Å². The van der Waals surface area contributed by atoms with Crippen molar-refractivity contribution in [3.63, 3.8) is 0 Å². The van der Waals surface area contributed by atoms with Crippen molar-refractivity contribution in [2.24, 2.45) is 0 Å². The van der Waals surface area contributed by atoms with E-state index in [1.165, 1.54) is 31.4 Å². The number of benzene rings is 3. The van der Waals surface area contributed by atoms with E-state index in [1.807, 2.05) is 13.0 Å². The lowest BCUT2D eigenvalue weighted by Crippen LogP contribution is -2.14. The number of carbonyl (C=O) groups excluding carboxylic acids is 1. The minimum absolute atomic E-state index is 0.101. The normalized spacial score (nSPS) is 10.9. The molecule has 7 heteroatoms. The molecule has 3 aromatic carbocycles. The quantitative estimate of drug-likeness (QED) is 0.658. The van der Waals surface area contributed by atoms with Crippen molar-refractivity contribution >= 4 is 27.3 Å². The Bertz CT molecular complexity index is 1090. The molecular formula is C21H20N2O4S. The first-order valence-electron chi connectivity index (χ1n) is 8.53. The molecule has 3 rings (SSSR count). The summed E-state index contributed by atoms with van der Waals surface area (Å²) in [6.07, 6.45) is 0. The fourth-order valence-corrected chi connectivity index (χ4v) is 3.72. The van der Waals surface area contributed by atoms with Crippen LogP contribution >= 0.6 is 0 Å². The Balaban J connectivity index is 1.75. The van der Waals surface area contributed by atoms with Crippen molar-refractivity contribution in [3.8, 4) is 5.75 Å². The van der Waals surface area contributed by atoms with E-state index >= 15 is 0 Å². The Hall–Kier alpha value is -3.32. The monoisotopic (exact) mass is 396 g/mol. The number of carbonyl (C=O) groups is 1. The smallest absolute Gasteiger partial charge is 0.261 e. The first-order valence-corrected chi connectivity index (χ1v) is 10.0. The van der Waals surface area contributed by atoms with Gasteiger partial charge in [0, 0.05) is 11.4 Å². The largest absolute Gasteiger partial charge is 0.496 e. The maximum absolute atomic E-state index is 12.5. The molecular weight excluding hydrogens is 376 g/mol. The molecule has 2 N–H and O–H groups in total. The highest BCUT2D eigenvalue weighted by atomic mass is 32.2. The number of ether oxygens (including phenoxy) is 1. The van der Waals surface area contributed by atoms with Gasteiger partial charge in [0.1, 0.15) is 5.75 Å². The predicted octanol–water partition coefficient (Wildman–Crippen LogP) is 4.06. The molecule has 1 amide bonds. The first kappa shape index (κ1) is 19.4. The maximum atomic E-state index is 12.5. The van der Waals surface area contributed by atoms with Crippen LogP contribution in [-0.4, -0.2) is 21.4 Å². The minimum atomic E-state index is -3.72. The Morgan fingerprint density at radius 3 is 2.29 bits per heavy atom. The molecule has 3 aromatic rings. The molecule has 0 aliphatic rings. The second-order valence-corrected chi connectivity index (χ2v) is 7.84. The van der Waals surface area contributed by atoms with Crippen LogP contribution in [0.3, 0.4) is 0 Å². The summed E-state index contributed by atoms with van der Waals surface area (Å²) in [5.74, 6) is 0.118. The van der Waals surface area contributed by atoms with Crippen LogP contribution in [0.2, 0.25) is 0 Å². The third-order valence-corrected chi connectivity index (χ3v) is 5.44. The molecule has 0 saturated heterocycles. The molecule has 144 valence electrons. The van der Waals surface area contributed by atoms with Crippen LogP contribution in [0, 0.1) is 6.92 Å². The molecule has 0 aromatic heterocycles. The molecule has 0 spiro atoms. The summed E-state index contributed by atoms with van der Waals surface area (Å²) in [6, 6.07) is 19.9. The summed E-state index contributed by atoms with van der Waals surface area (Å²) < 4.78 is 32.8. The van der Waals surface area contributed by atoms with Crippen LogP contribution in [0.5, 0.6) is 5.75 Å². The molecule has 28 heavy (non-hydrogen) atoms. The molecule has 6 nitrogen and oxygen atoms in total. The van der Waals surface area contributed by atoms with E-state index < -0.39 is 10.0 Å². The number of nitrogens with one attached hydrogen (secondary N) is 2. The second-order valence-electron chi connectivity index (χ2n) is 6.15. The van der Waals surface area contributed by atoms with Crippen LogP contribution in [0.4, 0.5) is 11.4 Å². The number of sulfonamides is 1. The van der Waals surface area contributed by atoms with Crippen molar-refractivity contribution in [3.05, 3.63) is 83.9 Å². The maximum Gasteiger partial charge on any atom is 0.261 e. The van der Waals surface area contributed by atoms with Gasteiger partial charge in [0.2, 0.25) is 0 Å². The molecule has 0 saturated carbocycles. The lowest BCUT2D eigenvalue weighted by Gasteiger charge is -2.11. The third kappa shape index (κ3) is 4.50. The van der Waals surface area contributed by atoms with Crippen LogP contribution in [-0.2, 0) is 10.0 Å². The molecule has 0 radical (unpaired) electrons. The van der Waals surface area contributed by atoms with Gasteiger partial charge in [-0.25, -0.2) is 8.42 Å².